The van der Waals surface area contributed by atoms with Gasteiger partial charge in [0.15, 0.2) is 0 Å². The second-order valence-electron chi connectivity index (χ2n) is 7.30. The summed E-state index contributed by atoms with van der Waals surface area (Å²) in [7, 11) is 1.53. The molecule has 0 radical (unpaired) electrons. The van der Waals surface area contributed by atoms with E-state index in [4.69, 9.17) is 4.74 Å². The lowest BCUT2D eigenvalue weighted by Crippen LogP contribution is -2.57. The number of nitrogens with zero attached hydrogens (tertiary/aromatic N) is 3. The largest absolute Gasteiger partial charge is 0.444 e. The van der Waals surface area contributed by atoms with Crippen molar-refractivity contribution < 1.29 is 19.1 Å². The van der Waals surface area contributed by atoms with E-state index in [0.29, 0.717) is 32.5 Å². The van der Waals surface area contributed by atoms with Crippen LogP contribution < -0.4 is 0 Å². The molecule has 144 valence electrons. The van der Waals surface area contributed by atoms with Gasteiger partial charge in [-0.2, -0.15) is 0 Å². The predicted octanol–water partition coefficient (Wildman–Crippen LogP) is 3.09. The lowest BCUT2D eigenvalue weighted by atomic mass is 9.86. The van der Waals surface area contributed by atoms with Gasteiger partial charge in [0.2, 0.25) is 0 Å². The minimum absolute atomic E-state index is 0.153. The standard InChI is InChI=1S/C16H27N3O4.C2H6/c1-6-9-19-13(21)17(5)12(20)16(19)7-10-18(11-8-16)14(22)23-15(2,3)4;1-2/h6-11H2,1-5H3;1-2H3. The lowest BCUT2D eigenvalue weighted by Gasteiger charge is -2.42. The molecule has 25 heavy (non-hydrogen) atoms. The highest BCUT2D eigenvalue weighted by atomic mass is 16.6. The molecular formula is C18H33N3O4. The molecule has 0 saturated carbocycles. The molecule has 0 aromatic heterocycles. The smallest absolute Gasteiger partial charge is 0.410 e. The summed E-state index contributed by atoms with van der Waals surface area (Å²) in [5.41, 5.74) is -1.33. The van der Waals surface area contributed by atoms with E-state index in [9.17, 15) is 14.4 Å². The number of amides is 4. The fourth-order valence-electron chi connectivity index (χ4n) is 3.28. The van der Waals surface area contributed by atoms with E-state index in [0.717, 1.165) is 6.42 Å². The highest BCUT2D eigenvalue weighted by Crippen LogP contribution is 2.37. The molecule has 2 aliphatic rings. The van der Waals surface area contributed by atoms with E-state index < -0.39 is 11.1 Å². The van der Waals surface area contributed by atoms with E-state index >= 15 is 0 Å². The van der Waals surface area contributed by atoms with Gasteiger partial charge < -0.3 is 14.5 Å². The maximum Gasteiger partial charge on any atom is 0.410 e. The Morgan fingerprint density at radius 1 is 1.16 bits per heavy atom. The highest BCUT2D eigenvalue weighted by Gasteiger charge is 2.56. The van der Waals surface area contributed by atoms with Crippen molar-refractivity contribution in [3.8, 4) is 0 Å². The van der Waals surface area contributed by atoms with Crippen LogP contribution in [0.4, 0.5) is 9.59 Å². The summed E-state index contributed by atoms with van der Waals surface area (Å²) < 4.78 is 5.38. The minimum Gasteiger partial charge on any atom is -0.444 e. The molecule has 4 amide bonds. The van der Waals surface area contributed by atoms with Crippen molar-refractivity contribution in [2.45, 2.75) is 71.9 Å². The number of imide groups is 1. The van der Waals surface area contributed by atoms with Crippen molar-refractivity contribution in [2.75, 3.05) is 26.7 Å². The summed E-state index contributed by atoms with van der Waals surface area (Å²) in [6.45, 7) is 12.9. The van der Waals surface area contributed by atoms with Crippen molar-refractivity contribution >= 4 is 18.0 Å². The summed E-state index contributed by atoms with van der Waals surface area (Å²) in [6.07, 6.45) is 1.35. The quantitative estimate of drug-likeness (QED) is 0.714. The number of ether oxygens (including phenoxy) is 1. The Balaban J connectivity index is 0.00000151. The van der Waals surface area contributed by atoms with E-state index in [1.165, 1.54) is 11.9 Å². The fraction of sp³-hybridized carbons (Fsp3) is 0.833. The molecule has 0 atom stereocenters. The van der Waals surface area contributed by atoms with Gasteiger partial charge in [-0.05, 0) is 40.0 Å². The van der Waals surface area contributed by atoms with Crippen LogP contribution in [0.15, 0.2) is 0 Å². The van der Waals surface area contributed by atoms with E-state index in [1.54, 1.807) is 9.80 Å². The fourth-order valence-corrected chi connectivity index (χ4v) is 3.28. The Hall–Kier alpha value is -1.79. The molecule has 2 rings (SSSR count). The zero-order chi connectivity index (χ0) is 19.4. The van der Waals surface area contributed by atoms with Crippen molar-refractivity contribution in [1.29, 1.82) is 0 Å². The first-order chi connectivity index (χ1) is 11.6. The monoisotopic (exact) mass is 355 g/mol. The maximum atomic E-state index is 12.6. The van der Waals surface area contributed by atoms with Crippen molar-refractivity contribution in [1.82, 2.24) is 14.7 Å². The first kappa shape index (κ1) is 21.3. The summed E-state index contributed by atoms with van der Waals surface area (Å²) in [5, 5.41) is 0. The second kappa shape index (κ2) is 8.06. The van der Waals surface area contributed by atoms with Crippen LogP contribution in [0.5, 0.6) is 0 Å². The Morgan fingerprint density at radius 2 is 1.68 bits per heavy atom. The van der Waals surface area contributed by atoms with Crippen LogP contribution >= 0.6 is 0 Å². The van der Waals surface area contributed by atoms with E-state index in [2.05, 4.69) is 0 Å². The number of hydrogen-bond donors (Lipinski definition) is 0. The Morgan fingerprint density at radius 3 is 2.12 bits per heavy atom. The summed E-state index contributed by atoms with van der Waals surface area (Å²) in [4.78, 5) is 41.6. The molecule has 7 nitrogen and oxygen atoms in total. The van der Waals surface area contributed by atoms with Crippen molar-refractivity contribution in [2.24, 2.45) is 0 Å². The third-order valence-electron chi connectivity index (χ3n) is 4.43. The molecule has 2 fully saturated rings. The molecule has 0 aliphatic carbocycles. The maximum absolute atomic E-state index is 12.6. The number of piperidine rings is 1. The first-order valence-electron chi connectivity index (χ1n) is 9.20. The van der Waals surface area contributed by atoms with Crippen molar-refractivity contribution in [3.63, 3.8) is 0 Å². The summed E-state index contributed by atoms with van der Waals surface area (Å²) >= 11 is 0. The SMILES string of the molecule is CC.CCCN1C(=O)N(C)C(=O)C12CCN(C(=O)OC(C)(C)C)CC2. The normalized spacial score (nSPS) is 19.9. The number of likely N-dealkylation sites (tertiary alicyclic amines) is 1. The number of urea groups is 1. The molecule has 2 saturated heterocycles. The van der Waals surface area contributed by atoms with Gasteiger partial charge in [-0.15, -0.1) is 0 Å². The molecule has 2 heterocycles. The number of carbonyl (C=O) groups is 3. The van der Waals surface area contributed by atoms with Crippen LogP contribution in [0.25, 0.3) is 0 Å². The summed E-state index contributed by atoms with van der Waals surface area (Å²) in [5.74, 6) is -0.153. The number of rotatable bonds is 2. The molecule has 1 spiro atoms. The molecule has 7 heteroatoms. The van der Waals surface area contributed by atoms with Gasteiger partial charge in [-0.3, -0.25) is 9.69 Å². The molecule has 0 bridgehead atoms. The van der Waals surface area contributed by atoms with E-state index in [1.807, 2.05) is 41.5 Å². The van der Waals surface area contributed by atoms with Gasteiger partial charge >= 0.3 is 12.1 Å². The van der Waals surface area contributed by atoms with Gasteiger partial charge in [0.1, 0.15) is 11.1 Å². The average Bonchev–Trinajstić information content (AvgIpc) is 2.72. The van der Waals surface area contributed by atoms with Crippen molar-refractivity contribution in [3.05, 3.63) is 0 Å². The molecule has 0 N–H and O–H groups in total. The number of carbonyl (C=O) groups excluding carboxylic acids is 3. The predicted molar refractivity (Wildman–Crippen MR) is 96.3 cm³/mol. The van der Waals surface area contributed by atoms with Crippen LogP contribution in [0, 0.1) is 0 Å². The van der Waals surface area contributed by atoms with Crippen LogP contribution in [0.3, 0.4) is 0 Å². The molecule has 0 aromatic carbocycles. The van der Waals surface area contributed by atoms with Gasteiger partial charge in [0, 0.05) is 26.7 Å². The Kier molecular flexibility index (Phi) is 6.85. The Labute approximate surface area is 151 Å². The minimum atomic E-state index is -0.791. The van der Waals surface area contributed by atoms with Crippen LogP contribution in [0.1, 0.15) is 60.8 Å². The molecule has 0 unspecified atom stereocenters. The van der Waals surface area contributed by atoms with Crippen LogP contribution in [-0.2, 0) is 9.53 Å². The highest BCUT2D eigenvalue weighted by molar-refractivity contribution is 6.06. The zero-order valence-corrected chi connectivity index (χ0v) is 16.7. The number of likely N-dealkylation sites (N-methyl/N-ethyl adjacent to an activating group) is 1. The van der Waals surface area contributed by atoms with Gasteiger partial charge in [-0.1, -0.05) is 20.8 Å². The van der Waals surface area contributed by atoms with Crippen LogP contribution in [-0.4, -0.2) is 70.6 Å². The second-order valence-corrected chi connectivity index (χ2v) is 7.30. The van der Waals surface area contributed by atoms with E-state index in [-0.39, 0.29) is 18.0 Å². The lowest BCUT2D eigenvalue weighted by molar-refractivity contribution is -0.134. The zero-order valence-electron chi connectivity index (χ0n) is 16.7. The summed E-state index contributed by atoms with van der Waals surface area (Å²) in [6, 6.07) is -0.234. The van der Waals surface area contributed by atoms with Gasteiger partial charge in [0.25, 0.3) is 5.91 Å². The van der Waals surface area contributed by atoms with Gasteiger partial charge in [0.05, 0.1) is 0 Å². The topological polar surface area (TPSA) is 70.2 Å². The third kappa shape index (κ3) is 4.25. The number of hydrogen-bond acceptors (Lipinski definition) is 4. The molecular weight excluding hydrogens is 322 g/mol. The third-order valence-corrected chi connectivity index (χ3v) is 4.43. The molecule has 2 aliphatic heterocycles. The molecule has 0 aromatic rings. The van der Waals surface area contributed by atoms with Crippen LogP contribution in [0.2, 0.25) is 0 Å². The Bertz CT molecular complexity index is 505. The van der Waals surface area contributed by atoms with Gasteiger partial charge in [-0.25, -0.2) is 9.59 Å². The first-order valence-corrected chi connectivity index (χ1v) is 9.20. The average molecular weight is 355 g/mol.